The maximum Gasteiger partial charge on any atom is 0.252 e. The molecule has 0 N–H and O–H groups in total. The summed E-state index contributed by atoms with van der Waals surface area (Å²) >= 11 is 0. The van der Waals surface area contributed by atoms with E-state index in [4.69, 9.17) is 13.9 Å². The molecule has 442 valence electrons. The molecule has 1 aromatic heterocycles. The highest BCUT2D eigenvalue weighted by molar-refractivity contribution is 7.00. The molecule has 11 aromatic carbocycles. The molecular weight excluding hydrogens is 1100 g/mol. The molecule has 0 amide bonds. The van der Waals surface area contributed by atoms with Gasteiger partial charge in [0.05, 0.1) is 0 Å². The number of rotatable bonds is 7. The number of para-hydroxylation sites is 1. The Bertz CT molecular complexity index is 4850. The molecule has 7 heteroatoms. The lowest BCUT2D eigenvalue weighted by atomic mass is 9.33. The zero-order valence-electron chi connectivity index (χ0n) is 53.4. The molecule has 0 saturated carbocycles. The third-order valence-electron chi connectivity index (χ3n) is 19.7. The molecule has 4 aliphatic rings. The first-order chi connectivity index (χ1) is 43.2. The summed E-state index contributed by atoms with van der Waals surface area (Å²) in [6, 6.07) is 84.4. The van der Waals surface area contributed by atoms with Crippen molar-refractivity contribution in [2.24, 2.45) is 0 Å². The average Bonchev–Trinajstić information content (AvgIpc) is 0.907. The van der Waals surface area contributed by atoms with E-state index in [0.717, 1.165) is 101 Å². The summed E-state index contributed by atoms with van der Waals surface area (Å²) in [4.78, 5) is 7.48. The molecular formula is C83H74BN3O3. The fourth-order valence-electron chi connectivity index (χ4n) is 14.7. The van der Waals surface area contributed by atoms with Crippen molar-refractivity contribution in [2.75, 3.05) is 27.9 Å². The van der Waals surface area contributed by atoms with Crippen LogP contribution in [-0.2, 0) is 21.7 Å². The second-order valence-corrected chi connectivity index (χ2v) is 28.9. The van der Waals surface area contributed by atoms with Gasteiger partial charge in [0.25, 0.3) is 6.71 Å². The minimum atomic E-state index is -0.180. The Morgan fingerprint density at radius 1 is 0.400 bits per heavy atom. The number of anilines is 9. The highest BCUT2D eigenvalue weighted by Gasteiger charge is 2.45. The first-order valence-corrected chi connectivity index (χ1v) is 32.0. The van der Waals surface area contributed by atoms with E-state index in [1.54, 1.807) is 0 Å². The van der Waals surface area contributed by atoms with Gasteiger partial charge in [0, 0.05) is 73.6 Å². The van der Waals surface area contributed by atoms with E-state index in [0.29, 0.717) is 13.2 Å². The van der Waals surface area contributed by atoms with Crippen LogP contribution in [0.2, 0.25) is 0 Å². The van der Waals surface area contributed by atoms with Gasteiger partial charge >= 0.3 is 0 Å². The van der Waals surface area contributed by atoms with E-state index in [1.165, 1.54) is 61.0 Å². The molecule has 0 radical (unpaired) electrons. The third-order valence-corrected chi connectivity index (χ3v) is 19.7. The lowest BCUT2D eigenvalue weighted by Gasteiger charge is -2.45. The standard InChI is InChI=1S/C83H74BN3O3/c1-80(2,3)57-25-33-61(34-26-57)86-71-39-29-59(82(7,8)9)47-69(71)84-70-49-77-78(89-41-40-88-77)50-72(70)87(62-35-27-58(28-36-62)81(4,5)6)74-45-56(44-73(86)79(74)84)51-22-30-60(31-23-51)85(64-37-38-66-65-17-13-14-18-67(65)83(10,11)68(66)48-64)63-32-24-52-42-55(21-20-53(52)43-63)76-46-54-16-12-15-19-75(54)90-76/h12-39,42-50H,40-41H2,1-11H3. The summed E-state index contributed by atoms with van der Waals surface area (Å²) in [5, 5.41) is 3.40. The number of ether oxygens (including phenoxy) is 2. The van der Waals surface area contributed by atoms with Crippen molar-refractivity contribution in [1.82, 2.24) is 0 Å². The minimum Gasteiger partial charge on any atom is -0.486 e. The lowest BCUT2D eigenvalue weighted by Crippen LogP contribution is -2.61. The van der Waals surface area contributed by atoms with Crippen LogP contribution in [0.4, 0.5) is 51.2 Å². The lowest BCUT2D eigenvalue weighted by molar-refractivity contribution is 0.172. The van der Waals surface area contributed by atoms with E-state index >= 15 is 0 Å². The quantitative estimate of drug-likeness (QED) is 0.148. The molecule has 0 fully saturated rings. The number of fused-ring (bicyclic) bond motifs is 10. The molecule has 0 saturated heterocycles. The van der Waals surface area contributed by atoms with Gasteiger partial charge in [-0.05, 0) is 197 Å². The number of hydrogen-bond donors (Lipinski definition) is 0. The number of hydrogen-bond acceptors (Lipinski definition) is 6. The first kappa shape index (κ1) is 55.6. The summed E-state index contributed by atoms with van der Waals surface area (Å²) in [7, 11) is 0. The van der Waals surface area contributed by atoms with Gasteiger partial charge in [0.15, 0.2) is 11.5 Å². The van der Waals surface area contributed by atoms with Gasteiger partial charge in [-0.25, -0.2) is 0 Å². The van der Waals surface area contributed by atoms with Crippen molar-refractivity contribution in [3.8, 4) is 45.1 Å². The summed E-state index contributed by atoms with van der Waals surface area (Å²) in [5.41, 5.74) is 26.8. The molecule has 0 bridgehead atoms. The Kier molecular flexibility index (Phi) is 12.4. The maximum atomic E-state index is 6.50. The van der Waals surface area contributed by atoms with E-state index in [-0.39, 0.29) is 28.4 Å². The second kappa shape index (κ2) is 20.2. The zero-order chi connectivity index (χ0) is 61.8. The Morgan fingerprint density at radius 2 is 0.944 bits per heavy atom. The normalized spacial score (nSPS) is 14.5. The van der Waals surface area contributed by atoms with Crippen LogP contribution in [0, 0.1) is 0 Å². The van der Waals surface area contributed by atoms with Gasteiger partial charge in [0.2, 0.25) is 0 Å². The molecule has 0 spiro atoms. The average molecular weight is 1170 g/mol. The van der Waals surface area contributed by atoms with Crippen molar-refractivity contribution in [3.05, 3.63) is 252 Å². The predicted molar refractivity (Wildman–Crippen MR) is 378 cm³/mol. The number of nitrogens with zero attached hydrogens (tertiary/aromatic N) is 3. The van der Waals surface area contributed by atoms with E-state index in [9.17, 15) is 0 Å². The third kappa shape index (κ3) is 9.05. The van der Waals surface area contributed by atoms with Crippen LogP contribution < -0.4 is 40.6 Å². The fraction of sp³-hybridized carbons (Fsp3) is 0.205. The SMILES string of the molecule is CC(C)(C)c1ccc(N2c3ccc(C(C)(C)C)cc3B3c4cc5c(cc4N(c4ccc(C(C)(C)C)cc4)c4cc(-c6ccc(N(c7ccc8c(c7)C(C)(C)c7ccccc7-8)c7ccc8cc(-c9cc%10ccccc%10o9)ccc8c7)cc6)cc2c43)OCCO5)cc1. The summed E-state index contributed by atoms with van der Waals surface area (Å²) in [6.07, 6.45) is 0. The van der Waals surface area contributed by atoms with Crippen LogP contribution >= 0.6 is 0 Å². The Labute approximate surface area is 530 Å². The molecule has 12 aromatic rings. The van der Waals surface area contributed by atoms with Crippen molar-refractivity contribution in [2.45, 2.75) is 97.8 Å². The molecule has 1 aliphatic carbocycles. The predicted octanol–water partition coefficient (Wildman–Crippen LogP) is 20.4. The van der Waals surface area contributed by atoms with E-state index < -0.39 is 0 Å². The van der Waals surface area contributed by atoms with Crippen LogP contribution in [0.3, 0.4) is 0 Å². The van der Waals surface area contributed by atoms with Gasteiger partial charge in [-0.3, -0.25) is 0 Å². The van der Waals surface area contributed by atoms with Crippen molar-refractivity contribution in [1.29, 1.82) is 0 Å². The largest absolute Gasteiger partial charge is 0.486 e. The fourth-order valence-corrected chi connectivity index (χ4v) is 14.7. The number of furan rings is 1. The van der Waals surface area contributed by atoms with Crippen molar-refractivity contribution in [3.63, 3.8) is 0 Å². The smallest absolute Gasteiger partial charge is 0.252 e. The number of benzene rings is 11. The van der Waals surface area contributed by atoms with Crippen LogP contribution in [0.25, 0.3) is 55.3 Å². The molecule has 90 heavy (non-hydrogen) atoms. The van der Waals surface area contributed by atoms with Crippen LogP contribution in [0.15, 0.2) is 229 Å². The molecule has 3 aliphatic heterocycles. The highest BCUT2D eigenvalue weighted by atomic mass is 16.6. The maximum absolute atomic E-state index is 6.50. The Hall–Kier alpha value is -9.72. The van der Waals surface area contributed by atoms with Crippen LogP contribution in [-0.4, -0.2) is 19.9 Å². The zero-order valence-corrected chi connectivity index (χ0v) is 53.4. The monoisotopic (exact) mass is 1170 g/mol. The Morgan fingerprint density at radius 3 is 1.62 bits per heavy atom. The topological polar surface area (TPSA) is 41.3 Å². The summed E-state index contributed by atoms with van der Waals surface area (Å²) < 4.78 is 19.4. The van der Waals surface area contributed by atoms with Crippen molar-refractivity contribution >= 4 is 96.0 Å². The van der Waals surface area contributed by atoms with Crippen LogP contribution in [0.1, 0.15) is 104 Å². The van der Waals surface area contributed by atoms with Crippen LogP contribution in [0.5, 0.6) is 11.5 Å². The molecule has 0 atom stereocenters. The molecule has 6 nitrogen and oxygen atoms in total. The molecule has 0 unspecified atom stereocenters. The van der Waals surface area contributed by atoms with Gasteiger partial charge in [0.1, 0.15) is 24.6 Å². The van der Waals surface area contributed by atoms with E-state index in [2.05, 4.69) is 303 Å². The van der Waals surface area contributed by atoms with Gasteiger partial charge in [-0.1, -0.05) is 191 Å². The van der Waals surface area contributed by atoms with Gasteiger partial charge in [-0.2, -0.15) is 0 Å². The molecule has 4 heterocycles. The van der Waals surface area contributed by atoms with Gasteiger partial charge in [-0.15, -0.1) is 0 Å². The summed E-state index contributed by atoms with van der Waals surface area (Å²) in [6.45, 7) is 26.3. The second-order valence-electron chi connectivity index (χ2n) is 28.9. The first-order valence-electron chi connectivity index (χ1n) is 32.0. The van der Waals surface area contributed by atoms with Crippen molar-refractivity contribution < 1.29 is 13.9 Å². The highest BCUT2D eigenvalue weighted by Crippen LogP contribution is 2.53. The minimum absolute atomic E-state index is 0.0121. The van der Waals surface area contributed by atoms with E-state index in [1.807, 2.05) is 12.1 Å². The van der Waals surface area contributed by atoms with Gasteiger partial charge < -0.3 is 28.6 Å². The summed E-state index contributed by atoms with van der Waals surface area (Å²) in [5.74, 6) is 2.43. The molecule has 16 rings (SSSR count). The Balaban J connectivity index is 0.892.